The molecule has 0 amide bonds. The minimum absolute atomic E-state index is 0.0512. The van der Waals surface area contributed by atoms with Crippen LogP contribution in [0.25, 0.3) is 0 Å². The Hall–Kier alpha value is -2.41. The molecule has 1 aliphatic carbocycles. The maximum atomic E-state index is 12.0. The Balaban J connectivity index is 1.45. The molecule has 3 aliphatic rings. The summed E-state index contributed by atoms with van der Waals surface area (Å²) < 4.78 is 18.1. The van der Waals surface area contributed by atoms with Gasteiger partial charge < -0.3 is 14.2 Å². The Morgan fingerprint density at radius 1 is 1.54 bits per heavy atom. The fraction of sp³-hybridized carbons (Fsp3) is 0.526. The van der Waals surface area contributed by atoms with Crippen LogP contribution in [0.3, 0.4) is 0 Å². The molecule has 0 saturated carbocycles. The van der Waals surface area contributed by atoms with E-state index in [1.54, 1.807) is 6.20 Å². The predicted octanol–water partition coefficient (Wildman–Crippen LogP) is 2.62. The molecule has 1 aromatic rings. The van der Waals surface area contributed by atoms with E-state index in [-0.39, 0.29) is 36.3 Å². The summed E-state index contributed by atoms with van der Waals surface area (Å²) in [4.78, 5) is 27.8. The van der Waals surface area contributed by atoms with Gasteiger partial charge in [-0.1, -0.05) is 12.7 Å². The first-order chi connectivity index (χ1) is 12.5. The number of hydrogen-bond acceptors (Lipinski definition) is 6. The molecule has 0 spiro atoms. The molecule has 138 valence electrons. The van der Waals surface area contributed by atoms with E-state index in [0.29, 0.717) is 5.57 Å². The van der Waals surface area contributed by atoms with Crippen LogP contribution in [0.2, 0.25) is 0 Å². The molecule has 4 rings (SSSR count). The number of epoxide rings is 1. The average Bonchev–Trinajstić information content (AvgIpc) is 2.98. The van der Waals surface area contributed by atoms with Crippen LogP contribution in [0.15, 0.2) is 42.5 Å². The van der Waals surface area contributed by atoms with Gasteiger partial charge in [0.25, 0.3) is 0 Å². The first-order valence-electron chi connectivity index (χ1n) is 8.88. The summed E-state index contributed by atoms with van der Waals surface area (Å²) in [5, 5.41) is 0. The van der Waals surface area contributed by atoms with Gasteiger partial charge in [0.1, 0.15) is 25.1 Å². The zero-order valence-electron chi connectivity index (χ0n) is 14.7. The van der Waals surface area contributed by atoms with Gasteiger partial charge in [-0.2, -0.15) is 0 Å². The Labute approximate surface area is 151 Å². The molecule has 7 heteroatoms. The molecule has 2 saturated heterocycles. The van der Waals surface area contributed by atoms with E-state index >= 15 is 0 Å². The Kier molecular flexibility index (Phi) is 4.19. The van der Waals surface area contributed by atoms with E-state index in [1.807, 2.05) is 0 Å². The van der Waals surface area contributed by atoms with Crippen LogP contribution in [0.5, 0.6) is 0 Å². The van der Waals surface area contributed by atoms with Gasteiger partial charge in [-0.25, -0.2) is 19.1 Å². The van der Waals surface area contributed by atoms with Crippen LogP contribution in [0.4, 0.5) is 4.79 Å². The molecular weight excluding hydrogens is 336 g/mol. The highest BCUT2D eigenvalue weighted by molar-refractivity contribution is 5.91. The third kappa shape index (κ3) is 3.07. The summed E-state index contributed by atoms with van der Waals surface area (Å²) in [6, 6.07) is 0. The van der Waals surface area contributed by atoms with Crippen LogP contribution >= 0.6 is 0 Å². The van der Waals surface area contributed by atoms with E-state index < -0.39 is 6.09 Å². The molecule has 0 aromatic carbocycles. The summed E-state index contributed by atoms with van der Waals surface area (Å²) >= 11 is 0. The summed E-state index contributed by atoms with van der Waals surface area (Å²) in [5.41, 5.74) is 1.29. The quantitative estimate of drug-likeness (QED) is 0.350. The topological polar surface area (TPSA) is 83.0 Å². The van der Waals surface area contributed by atoms with Crippen molar-refractivity contribution >= 4 is 12.1 Å². The standard InChI is InChI=1S/C19H22N2O5/c1-12-14-6-5-13(10-24-18(23)21-9-8-20-11-21)4-3-7-19(2)16(26-19)15(14)25-17(12)22/h4,8-9,11,14-16H,1,3,5-7,10H2,2H3/t14-,15-,16-,19+/m0/s1. The van der Waals surface area contributed by atoms with E-state index in [1.165, 1.54) is 17.1 Å². The molecule has 0 radical (unpaired) electrons. The smallest absolute Gasteiger partial charge is 0.419 e. The highest BCUT2D eigenvalue weighted by Gasteiger charge is 2.61. The van der Waals surface area contributed by atoms with E-state index in [0.717, 1.165) is 31.3 Å². The monoisotopic (exact) mass is 358 g/mol. The van der Waals surface area contributed by atoms with Crippen LogP contribution in [0.1, 0.15) is 32.6 Å². The molecule has 3 heterocycles. The molecular formula is C19H22N2O5. The number of carbonyl (C=O) groups excluding carboxylic acids is 2. The highest BCUT2D eigenvalue weighted by atomic mass is 16.6. The second-order valence-corrected chi connectivity index (χ2v) is 7.32. The maximum absolute atomic E-state index is 12.0. The molecule has 2 fully saturated rings. The molecule has 0 bridgehead atoms. The van der Waals surface area contributed by atoms with Crippen molar-refractivity contribution in [3.63, 3.8) is 0 Å². The number of esters is 1. The van der Waals surface area contributed by atoms with Crippen LogP contribution in [0, 0.1) is 5.92 Å². The fourth-order valence-corrected chi connectivity index (χ4v) is 3.85. The van der Waals surface area contributed by atoms with Crippen molar-refractivity contribution in [3.8, 4) is 0 Å². The number of nitrogens with zero attached hydrogens (tertiary/aromatic N) is 2. The number of allylic oxidation sites excluding steroid dienone is 1. The molecule has 0 N–H and O–H groups in total. The number of rotatable bonds is 2. The van der Waals surface area contributed by atoms with Crippen molar-refractivity contribution in [2.45, 2.75) is 50.4 Å². The van der Waals surface area contributed by atoms with Crippen molar-refractivity contribution in [2.24, 2.45) is 5.92 Å². The van der Waals surface area contributed by atoms with Gasteiger partial charge in [0.05, 0.1) is 5.60 Å². The molecule has 26 heavy (non-hydrogen) atoms. The van der Waals surface area contributed by atoms with Crippen molar-refractivity contribution in [1.29, 1.82) is 0 Å². The van der Waals surface area contributed by atoms with Crippen molar-refractivity contribution < 1.29 is 23.8 Å². The second-order valence-electron chi connectivity index (χ2n) is 7.32. The van der Waals surface area contributed by atoms with Gasteiger partial charge in [-0.05, 0) is 38.2 Å². The Morgan fingerprint density at radius 2 is 2.38 bits per heavy atom. The van der Waals surface area contributed by atoms with E-state index in [4.69, 9.17) is 14.2 Å². The number of carbonyl (C=O) groups is 2. The van der Waals surface area contributed by atoms with Gasteiger partial charge in [0.15, 0.2) is 0 Å². The second kappa shape index (κ2) is 6.39. The number of ether oxygens (including phenoxy) is 3. The first-order valence-corrected chi connectivity index (χ1v) is 8.88. The number of aromatic nitrogens is 2. The van der Waals surface area contributed by atoms with Crippen LogP contribution < -0.4 is 0 Å². The summed E-state index contributed by atoms with van der Waals surface area (Å²) in [6.45, 7) is 6.18. The SMILES string of the molecule is C=C1C(=O)O[C@H]2[C@H]1CCC(COC(=O)n1ccnc1)=CCC[C@@]1(C)O[C@@H]21. The minimum Gasteiger partial charge on any atom is -0.455 e. The number of imidazole rings is 1. The van der Waals surface area contributed by atoms with Gasteiger partial charge in [-0.15, -0.1) is 0 Å². The lowest BCUT2D eigenvalue weighted by molar-refractivity contribution is -0.140. The molecule has 1 aromatic heterocycles. The van der Waals surface area contributed by atoms with Gasteiger partial charge >= 0.3 is 12.1 Å². The van der Waals surface area contributed by atoms with Crippen molar-refractivity contribution in [3.05, 3.63) is 42.5 Å². The third-order valence-corrected chi connectivity index (χ3v) is 5.54. The summed E-state index contributed by atoms with van der Waals surface area (Å²) in [7, 11) is 0. The van der Waals surface area contributed by atoms with Crippen molar-refractivity contribution in [2.75, 3.05) is 6.61 Å². The summed E-state index contributed by atoms with van der Waals surface area (Å²) in [6.07, 6.45) is 8.94. The normalized spacial score (nSPS) is 33.6. The zero-order chi connectivity index (χ0) is 18.3. The largest absolute Gasteiger partial charge is 0.455 e. The van der Waals surface area contributed by atoms with Crippen LogP contribution in [-0.4, -0.2) is 46.0 Å². The van der Waals surface area contributed by atoms with Crippen LogP contribution in [-0.2, 0) is 19.0 Å². The lowest BCUT2D eigenvalue weighted by Crippen LogP contribution is -2.29. The lowest BCUT2D eigenvalue weighted by atomic mass is 9.84. The number of hydrogen-bond donors (Lipinski definition) is 0. The fourth-order valence-electron chi connectivity index (χ4n) is 3.85. The zero-order valence-corrected chi connectivity index (χ0v) is 14.7. The Bertz CT molecular complexity index is 769. The first kappa shape index (κ1) is 17.0. The Morgan fingerprint density at radius 3 is 3.15 bits per heavy atom. The summed E-state index contributed by atoms with van der Waals surface area (Å²) in [5.74, 6) is -0.380. The van der Waals surface area contributed by atoms with Gasteiger partial charge in [0.2, 0.25) is 0 Å². The van der Waals surface area contributed by atoms with Crippen molar-refractivity contribution in [1.82, 2.24) is 9.55 Å². The minimum atomic E-state index is -0.459. The van der Waals surface area contributed by atoms with Gasteiger partial charge in [-0.3, -0.25) is 0 Å². The van der Waals surface area contributed by atoms with E-state index in [9.17, 15) is 9.59 Å². The average molecular weight is 358 g/mol. The van der Waals surface area contributed by atoms with E-state index in [2.05, 4.69) is 24.6 Å². The molecule has 7 nitrogen and oxygen atoms in total. The van der Waals surface area contributed by atoms with Gasteiger partial charge in [0, 0.05) is 23.9 Å². The molecule has 2 aliphatic heterocycles. The predicted molar refractivity (Wildman–Crippen MR) is 91.3 cm³/mol. The maximum Gasteiger partial charge on any atom is 0.419 e. The molecule has 4 atom stereocenters. The number of fused-ring (bicyclic) bond motifs is 3. The lowest BCUT2D eigenvalue weighted by Gasteiger charge is -2.20. The molecule has 0 unspecified atom stereocenters. The highest BCUT2D eigenvalue weighted by Crippen LogP contribution is 2.49. The third-order valence-electron chi connectivity index (χ3n) is 5.54.